The first kappa shape index (κ1) is 25.2. The number of morpholine rings is 1. The largest absolute Gasteiger partial charge is 0.372 e. The molecule has 1 aromatic carbocycles. The van der Waals surface area contributed by atoms with E-state index in [1.165, 1.54) is 11.0 Å². The maximum absolute atomic E-state index is 16.3. The Labute approximate surface area is 221 Å². The van der Waals surface area contributed by atoms with E-state index in [2.05, 4.69) is 31.2 Å². The Kier molecular flexibility index (Phi) is 5.80. The van der Waals surface area contributed by atoms with Crippen molar-refractivity contribution >= 4 is 40.5 Å². The fraction of sp³-hybridized carbons (Fsp3) is 0.500. The van der Waals surface area contributed by atoms with Gasteiger partial charge in [0.05, 0.1) is 29.3 Å². The van der Waals surface area contributed by atoms with Gasteiger partial charge in [-0.15, -0.1) is 0 Å². The van der Waals surface area contributed by atoms with Gasteiger partial charge in [-0.05, 0) is 39.6 Å². The molecule has 0 aliphatic carbocycles. The molecule has 0 saturated carbocycles. The molecule has 6 rings (SSSR count). The summed E-state index contributed by atoms with van der Waals surface area (Å²) < 4.78 is 29.2. The van der Waals surface area contributed by atoms with Crippen molar-refractivity contribution in [1.82, 2.24) is 35.5 Å². The van der Waals surface area contributed by atoms with Crippen molar-refractivity contribution in [3.8, 4) is 5.82 Å². The number of hydrogen-bond donors (Lipinski definition) is 3. The lowest BCUT2D eigenvalue weighted by atomic mass is 9.66. The van der Waals surface area contributed by atoms with Crippen LogP contribution in [0.2, 0.25) is 0 Å². The van der Waals surface area contributed by atoms with Crippen LogP contribution >= 0.6 is 0 Å². The first-order valence-corrected chi connectivity index (χ1v) is 12.6. The Morgan fingerprint density at radius 2 is 1.97 bits per heavy atom. The van der Waals surface area contributed by atoms with Crippen molar-refractivity contribution in [1.29, 1.82) is 0 Å². The molecule has 3 atom stereocenters. The van der Waals surface area contributed by atoms with Gasteiger partial charge < -0.3 is 24.4 Å². The Hall–Kier alpha value is -4.11. The van der Waals surface area contributed by atoms with Crippen LogP contribution in [0.5, 0.6) is 0 Å². The summed E-state index contributed by atoms with van der Waals surface area (Å²) in [7, 11) is 3.89. The molecule has 5 heterocycles. The number of hydrogen-bond acceptors (Lipinski definition) is 11. The van der Waals surface area contributed by atoms with Gasteiger partial charge in [0, 0.05) is 26.1 Å². The third-order valence-corrected chi connectivity index (χ3v) is 7.54. The predicted molar refractivity (Wildman–Crippen MR) is 135 cm³/mol. The van der Waals surface area contributed by atoms with Crippen LogP contribution in [0.4, 0.5) is 20.8 Å². The Morgan fingerprint density at radius 3 is 2.69 bits per heavy atom. The second-order valence-electron chi connectivity index (χ2n) is 10.4. The number of nitrogens with one attached hydrogen (secondary N) is 3. The summed E-state index contributed by atoms with van der Waals surface area (Å²) in [4.78, 5) is 46.7. The second kappa shape index (κ2) is 8.98. The number of barbiturate groups is 1. The number of anilines is 2. The highest BCUT2D eigenvalue weighted by Gasteiger charge is 2.63. The summed E-state index contributed by atoms with van der Waals surface area (Å²) in [5.74, 6) is -1.59. The number of likely N-dealkylation sites (N-methyl/N-ethyl adjacent to an activating group) is 1. The summed E-state index contributed by atoms with van der Waals surface area (Å²) in [5, 5.41) is 16.3. The number of urea groups is 1. The van der Waals surface area contributed by atoms with Gasteiger partial charge in [0.2, 0.25) is 29.2 Å². The molecule has 39 heavy (non-hydrogen) atoms. The molecule has 1 spiro atoms. The van der Waals surface area contributed by atoms with Gasteiger partial charge in [0.15, 0.2) is 11.2 Å². The fourth-order valence-electron chi connectivity index (χ4n) is 6.00. The molecule has 3 aliphatic heterocycles. The maximum atomic E-state index is 16.3. The lowest BCUT2D eigenvalue weighted by Gasteiger charge is -2.55. The molecule has 2 fully saturated rings. The number of ether oxygens (including phenoxy) is 1. The monoisotopic (exact) mass is 541 g/mol. The maximum Gasteiger partial charge on any atom is 0.328 e. The third kappa shape index (κ3) is 3.75. The van der Waals surface area contributed by atoms with Crippen molar-refractivity contribution < 1.29 is 28.0 Å². The van der Waals surface area contributed by atoms with E-state index in [4.69, 9.17) is 9.26 Å². The molecule has 4 amide bonds. The molecule has 0 bridgehead atoms. The number of halogens is 1. The van der Waals surface area contributed by atoms with Crippen molar-refractivity contribution in [3.05, 3.63) is 23.8 Å². The van der Waals surface area contributed by atoms with Gasteiger partial charge >= 0.3 is 6.03 Å². The van der Waals surface area contributed by atoms with Gasteiger partial charge in [-0.3, -0.25) is 20.2 Å². The van der Waals surface area contributed by atoms with Gasteiger partial charge in [-0.1, -0.05) is 5.16 Å². The number of carbonyl (C=O) groups is 3. The van der Waals surface area contributed by atoms with E-state index in [0.29, 0.717) is 23.4 Å². The van der Waals surface area contributed by atoms with Gasteiger partial charge in [-0.25, -0.2) is 9.18 Å². The average Bonchev–Trinajstić information content (AvgIpc) is 3.48. The zero-order valence-corrected chi connectivity index (χ0v) is 21.8. The van der Waals surface area contributed by atoms with Crippen LogP contribution in [0, 0.1) is 11.2 Å². The zero-order valence-electron chi connectivity index (χ0n) is 21.8. The van der Waals surface area contributed by atoms with E-state index >= 15 is 4.39 Å². The van der Waals surface area contributed by atoms with Gasteiger partial charge in [0.25, 0.3) is 0 Å². The molecule has 0 radical (unpaired) electrons. The number of imide groups is 2. The molecular weight excluding hydrogens is 513 g/mol. The average molecular weight is 542 g/mol. The number of fused-ring (bicyclic) bond motifs is 5. The van der Waals surface area contributed by atoms with Crippen molar-refractivity contribution in [2.24, 2.45) is 5.41 Å². The smallest absolute Gasteiger partial charge is 0.328 e. The number of benzene rings is 1. The number of aromatic nitrogens is 4. The lowest BCUT2D eigenvalue weighted by Crippen LogP contribution is -2.75. The number of rotatable bonds is 5. The third-order valence-electron chi connectivity index (χ3n) is 7.54. The minimum absolute atomic E-state index is 0.0901. The highest BCUT2D eigenvalue weighted by Crippen LogP contribution is 2.49. The van der Waals surface area contributed by atoms with Crippen LogP contribution in [0.15, 0.2) is 16.9 Å². The summed E-state index contributed by atoms with van der Waals surface area (Å²) in [6.45, 7) is 5.09. The van der Waals surface area contributed by atoms with E-state index < -0.39 is 41.2 Å². The molecule has 2 aromatic heterocycles. The van der Waals surface area contributed by atoms with Crippen LogP contribution in [-0.2, 0) is 20.7 Å². The number of carbonyl (C=O) groups excluding carboxylic acids is 3. The first-order valence-electron chi connectivity index (χ1n) is 12.6. The molecular formula is C24H28FN9O5. The molecule has 14 nitrogen and oxygen atoms in total. The van der Waals surface area contributed by atoms with Crippen LogP contribution in [0.25, 0.3) is 16.8 Å². The minimum atomic E-state index is -1.73. The fourth-order valence-corrected chi connectivity index (χ4v) is 6.00. The summed E-state index contributed by atoms with van der Waals surface area (Å²) in [6, 6.07) is -0.106. The van der Waals surface area contributed by atoms with Crippen LogP contribution in [0.1, 0.15) is 19.4 Å². The normalized spacial score (nSPS) is 24.1. The van der Waals surface area contributed by atoms with Crippen molar-refractivity contribution in [2.45, 2.75) is 38.5 Å². The van der Waals surface area contributed by atoms with Crippen LogP contribution < -0.4 is 20.9 Å². The molecule has 15 heteroatoms. The van der Waals surface area contributed by atoms with E-state index in [1.807, 2.05) is 25.9 Å². The summed E-state index contributed by atoms with van der Waals surface area (Å²) in [6.07, 6.45) is 0.232. The summed E-state index contributed by atoms with van der Waals surface area (Å²) in [5.41, 5.74) is -1.22. The molecule has 3 aromatic rings. The van der Waals surface area contributed by atoms with Crippen LogP contribution in [-0.4, -0.2) is 94.6 Å². The Morgan fingerprint density at radius 1 is 1.23 bits per heavy atom. The topological polar surface area (TPSA) is 160 Å². The molecule has 3 N–H and O–H groups in total. The lowest BCUT2D eigenvalue weighted by molar-refractivity contribution is -0.153. The second-order valence-corrected chi connectivity index (χ2v) is 10.4. The predicted octanol–water partition coefficient (Wildman–Crippen LogP) is 0.412. The highest BCUT2D eigenvalue weighted by molar-refractivity contribution is 6.20. The minimum Gasteiger partial charge on any atom is -0.372 e. The van der Waals surface area contributed by atoms with E-state index in [-0.39, 0.29) is 36.2 Å². The van der Waals surface area contributed by atoms with Crippen molar-refractivity contribution in [2.75, 3.05) is 43.9 Å². The van der Waals surface area contributed by atoms with Gasteiger partial charge in [-0.2, -0.15) is 14.8 Å². The standard InChI is InChI=1S/C24H28FN9O5/c1-11-9-33-16-13(8-24(18(33)12(2)38-11)20(35)29-23(37)30-21(24)36)7-14-17(15(16)25)39-31-19(14)34-22(27-10-28-34)26-5-6-32(3)4/h7,10-12,18H,5-6,8-9H2,1-4H3,(H,26,27,28)(H2,29,30,35,36,37)/t11-,12+,18-/m1/s1. The van der Waals surface area contributed by atoms with E-state index in [1.54, 1.807) is 17.9 Å². The van der Waals surface area contributed by atoms with Crippen LogP contribution in [0.3, 0.4) is 0 Å². The Bertz CT molecular complexity index is 1480. The molecule has 0 unspecified atom stereocenters. The van der Waals surface area contributed by atoms with E-state index in [0.717, 1.165) is 6.54 Å². The molecule has 3 aliphatic rings. The van der Waals surface area contributed by atoms with E-state index in [9.17, 15) is 14.4 Å². The summed E-state index contributed by atoms with van der Waals surface area (Å²) >= 11 is 0. The molecule has 206 valence electrons. The number of nitrogens with zero attached hydrogens (tertiary/aromatic N) is 6. The zero-order chi connectivity index (χ0) is 27.6. The molecule has 2 saturated heterocycles. The highest BCUT2D eigenvalue weighted by atomic mass is 19.1. The Balaban J connectivity index is 1.50. The van der Waals surface area contributed by atoms with Gasteiger partial charge in [0.1, 0.15) is 6.33 Å². The quantitative estimate of drug-likeness (QED) is 0.384. The van der Waals surface area contributed by atoms with Crippen molar-refractivity contribution in [3.63, 3.8) is 0 Å². The first-order chi connectivity index (χ1) is 18.6. The number of amides is 4. The SMILES string of the molecule is C[C@@H]1CN2c3c(cc4c(-n5ncnc5NCCN(C)C)noc4c3F)CC3(C(=O)NC(=O)NC3=O)[C@H]2[C@H](C)O1.